The van der Waals surface area contributed by atoms with E-state index in [-0.39, 0.29) is 11.3 Å². The number of hydrogen-bond donors (Lipinski definition) is 1. The van der Waals surface area contributed by atoms with Crippen molar-refractivity contribution >= 4 is 28.5 Å². The largest absolute Gasteiger partial charge is 0.457 e. The summed E-state index contributed by atoms with van der Waals surface area (Å²) in [6.45, 7) is 5.09. The summed E-state index contributed by atoms with van der Waals surface area (Å²) in [6.07, 6.45) is 3.56. The van der Waals surface area contributed by atoms with Gasteiger partial charge < -0.3 is 19.9 Å². The lowest BCUT2D eigenvalue weighted by molar-refractivity contribution is -0.384. The van der Waals surface area contributed by atoms with Crippen LogP contribution in [-0.2, 0) is 9.47 Å². The lowest BCUT2D eigenvalue weighted by Crippen LogP contribution is -2.31. The number of allylic oxidation sites excluding steroid dienone is 1. The molecule has 36 heavy (non-hydrogen) atoms. The Morgan fingerprint density at radius 2 is 1.67 bits per heavy atom. The van der Waals surface area contributed by atoms with E-state index in [0.29, 0.717) is 59.3 Å². The van der Waals surface area contributed by atoms with E-state index in [0.717, 1.165) is 5.57 Å². The number of carbonyl (C=O) groups excluding carboxylic acids is 1. The second kappa shape index (κ2) is 11.0. The fourth-order valence-electron chi connectivity index (χ4n) is 4.32. The third-order valence-corrected chi connectivity index (χ3v) is 7.25. The quantitative estimate of drug-likeness (QED) is 0.298. The first-order valence-electron chi connectivity index (χ1n) is 11.9. The molecule has 1 saturated heterocycles. The van der Waals surface area contributed by atoms with Gasteiger partial charge in [0, 0.05) is 12.8 Å². The van der Waals surface area contributed by atoms with Crippen molar-refractivity contribution in [3.63, 3.8) is 0 Å². The average molecular weight is 509 g/mol. The van der Waals surface area contributed by atoms with E-state index in [4.69, 9.17) is 19.9 Å². The standard InChI is InChI=1S/C25H22N2O6S.C2H6/c26-24(28)20-21(27(29)30)23(17-10-12-25(13-11-17)31-14-15-32-25)34-22(20)16-6-8-19(9-7-16)33-18-4-2-1-3-5-18;1-2/h1-10H,11-15H2,(H2,26,28);1-2H3. The number of ether oxygens (including phenoxy) is 3. The zero-order valence-electron chi connectivity index (χ0n) is 20.2. The van der Waals surface area contributed by atoms with Gasteiger partial charge in [0.2, 0.25) is 0 Å². The van der Waals surface area contributed by atoms with Crippen LogP contribution in [-0.4, -0.2) is 29.8 Å². The second-order valence-electron chi connectivity index (χ2n) is 8.09. The summed E-state index contributed by atoms with van der Waals surface area (Å²) in [5.74, 6) is -0.165. The maximum absolute atomic E-state index is 12.4. The van der Waals surface area contributed by atoms with Gasteiger partial charge in [0.25, 0.3) is 5.91 Å². The lowest BCUT2D eigenvalue weighted by Gasteiger charge is -2.30. The molecule has 1 aliphatic heterocycles. The van der Waals surface area contributed by atoms with Crippen LogP contribution in [0.15, 0.2) is 60.7 Å². The molecule has 0 unspecified atom stereocenters. The molecule has 2 heterocycles. The van der Waals surface area contributed by atoms with Gasteiger partial charge in [0.1, 0.15) is 21.9 Å². The van der Waals surface area contributed by atoms with Gasteiger partial charge in [-0.05, 0) is 54.0 Å². The maximum Gasteiger partial charge on any atom is 0.300 e. The van der Waals surface area contributed by atoms with Crippen molar-refractivity contribution in [1.82, 2.24) is 0 Å². The molecule has 2 aromatic carbocycles. The first-order chi connectivity index (χ1) is 17.5. The van der Waals surface area contributed by atoms with E-state index in [1.54, 1.807) is 24.3 Å². The van der Waals surface area contributed by atoms with E-state index in [2.05, 4.69) is 0 Å². The molecule has 2 aliphatic rings. The molecule has 0 saturated carbocycles. The lowest BCUT2D eigenvalue weighted by atomic mass is 9.92. The van der Waals surface area contributed by atoms with Crippen molar-refractivity contribution in [2.45, 2.75) is 38.9 Å². The van der Waals surface area contributed by atoms with Crippen molar-refractivity contribution in [2.24, 2.45) is 5.73 Å². The number of nitro groups is 1. The van der Waals surface area contributed by atoms with Gasteiger partial charge in [-0.1, -0.05) is 38.1 Å². The van der Waals surface area contributed by atoms with E-state index in [1.807, 2.05) is 50.3 Å². The number of carbonyl (C=O) groups is 1. The summed E-state index contributed by atoms with van der Waals surface area (Å²) < 4.78 is 17.3. The van der Waals surface area contributed by atoms with Crippen LogP contribution in [0.25, 0.3) is 16.0 Å². The highest BCUT2D eigenvalue weighted by atomic mass is 32.1. The van der Waals surface area contributed by atoms with Gasteiger partial charge in [-0.3, -0.25) is 14.9 Å². The van der Waals surface area contributed by atoms with Crippen LogP contribution in [0.2, 0.25) is 0 Å². The fourth-order valence-corrected chi connectivity index (χ4v) is 5.67. The van der Waals surface area contributed by atoms with Crippen LogP contribution in [0, 0.1) is 10.1 Å². The summed E-state index contributed by atoms with van der Waals surface area (Å²) >= 11 is 1.21. The van der Waals surface area contributed by atoms with E-state index >= 15 is 0 Å². The Kier molecular flexibility index (Phi) is 7.83. The minimum absolute atomic E-state index is 0.0729. The van der Waals surface area contributed by atoms with Crippen LogP contribution in [0.5, 0.6) is 11.5 Å². The summed E-state index contributed by atoms with van der Waals surface area (Å²) in [4.78, 5) is 24.8. The summed E-state index contributed by atoms with van der Waals surface area (Å²) in [6, 6.07) is 16.4. The molecule has 9 heteroatoms. The normalized spacial score (nSPS) is 16.1. The highest BCUT2D eigenvalue weighted by molar-refractivity contribution is 7.17. The Labute approximate surface area is 213 Å². The Morgan fingerprint density at radius 1 is 1.03 bits per heavy atom. The smallest absolute Gasteiger partial charge is 0.300 e. The van der Waals surface area contributed by atoms with Gasteiger partial charge in [0.05, 0.1) is 23.0 Å². The first-order valence-corrected chi connectivity index (χ1v) is 12.7. The molecule has 188 valence electrons. The summed E-state index contributed by atoms with van der Waals surface area (Å²) in [5.41, 5.74) is 6.78. The number of rotatable bonds is 6. The molecule has 1 aromatic heterocycles. The van der Waals surface area contributed by atoms with Crippen molar-refractivity contribution in [3.8, 4) is 21.9 Å². The Bertz CT molecular complexity index is 1260. The van der Waals surface area contributed by atoms with Crippen molar-refractivity contribution < 1.29 is 23.9 Å². The van der Waals surface area contributed by atoms with Crippen LogP contribution in [0.3, 0.4) is 0 Å². The van der Waals surface area contributed by atoms with Gasteiger partial charge >= 0.3 is 5.69 Å². The number of benzene rings is 2. The molecule has 2 N–H and O–H groups in total. The molecule has 3 aromatic rings. The number of thiophene rings is 1. The molecule has 0 radical (unpaired) electrons. The summed E-state index contributed by atoms with van der Waals surface area (Å²) in [7, 11) is 0. The molecule has 5 rings (SSSR count). The predicted octanol–water partition coefficient (Wildman–Crippen LogP) is 6.55. The molecule has 0 atom stereocenters. The Morgan fingerprint density at radius 3 is 2.22 bits per heavy atom. The van der Waals surface area contributed by atoms with Gasteiger partial charge in [-0.25, -0.2) is 0 Å². The molecule has 1 aliphatic carbocycles. The van der Waals surface area contributed by atoms with Crippen molar-refractivity contribution in [2.75, 3.05) is 13.2 Å². The number of nitrogens with zero attached hydrogens (tertiary/aromatic N) is 1. The van der Waals surface area contributed by atoms with E-state index < -0.39 is 16.6 Å². The molecule has 1 amide bonds. The van der Waals surface area contributed by atoms with Gasteiger partial charge in [-0.2, -0.15) is 0 Å². The monoisotopic (exact) mass is 508 g/mol. The molecule has 0 bridgehead atoms. The van der Waals surface area contributed by atoms with Crippen molar-refractivity contribution in [1.29, 1.82) is 0 Å². The zero-order valence-corrected chi connectivity index (χ0v) is 21.0. The SMILES string of the molecule is CC.NC(=O)c1c(-c2ccc(Oc3ccccc3)cc2)sc(C2=CCC3(CC2)OCCO3)c1[N+](=O)[O-]. The molecular formula is C27H28N2O6S. The van der Waals surface area contributed by atoms with E-state index in [9.17, 15) is 14.9 Å². The van der Waals surface area contributed by atoms with Gasteiger partial charge in [-0.15, -0.1) is 11.3 Å². The Balaban J connectivity index is 0.00000148. The predicted molar refractivity (Wildman–Crippen MR) is 139 cm³/mol. The first kappa shape index (κ1) is 25.6. The average Bonchev–Trinajstić information content (AvgIpc) is 3.52. The van der Waals surface area contributed by atoms with Crippen molar-refractivity contribution in [3.05, 3.63) is 81.2 Å². The molecule has 1 spiro atoms. The Hall–Kier alpha value is -3.53. The number of nitrogens with two attached hydrogens (primary N) is 1. The summed E-state index contributed by atoms with van der Waals surface area (Å²) in [5, 5.41) is 12.0. The zero-order chi connectivity index (χ0) is 25.7. The number of primary amides is 1. The fraction of sp³-hybridized carbons (Fsp3) is 0.296. The highest BCUT2D eigenvalue weighted by Gasteiger charge is 2.40. The van der Waals surface area contributed by atoms with Gasteiger partial charge in [0.15, 0.2) is 5.79 Å². The third kappa shape index (κ3) is 5.18. The van der Waals surface area contributed by atoms with Crippen LogP contribution in [0.1, 0.15) is 48.3 Å². The number of amides is 1. The highest BCUT2D eigenvalue weighted by Crippen LogP contribution is 2.48. The molecule has 8 nitrogen and oxygen atoms in total. The van der Waals surface area contributed by atoms with E-state index in [1.165, 1.54) is 11.3 Å². The van der Waals surface area contributed by atoms with Crippen LogP contribution in [0.4, 0.5) is 5.69 Å². The van der Waals surface area contributed by atoms with Crippen LogP contribution >= 0.6 is 11.3 Å². The van der Waals surface area contributed by atoms with Crippen LogP contribution < -0.4 is 10.5 Å². The minimum atomic E-state index is -0.829. The number of hydrogen-bond acceptors (Lipinski definition) is 7. The maximum atomic E-state index is 12.4. The number of para-hydroxylation sites is 1. The third-order valence-electron chi connectivity index (χ3n) is 5.95. The molecular weight excluding hydrogens is 480 g/mol. The molecule has 1 fully saturated rings. The second-order valence-corrected chi connectivity index (χ2v) is 9.11. The topological polar surface area (TPSA) is 114 Å². The minimum Gasteiger partial charge on any atom is -0.457 e.